The van der Waals surface area contributed by atoms with Gasteiger partial charge in [-0.25, -0.2) is 8.42 Å². The number of fused-ring (bicyclic) bond motifs is 1. The number of benzene rings is 3. The van der Waals surface area contributed by atoms with E-state index in [0.29, 0.717) is 18.7 Å². The van der Waals surface area contributed by atoms with Gasteiger partial charge >= 0.3 is 0 Å². The summed E-state index contributed by atoms with van der Waals surface area (Å²) in [6.45, 7) is 0.320. The SMILES string of the molecule is O=C(Nc1cc(S(=O)(=O)N2CCCc3ccccc32)ccc1Cl)c1ccc(Cl)cc1[N+](=O)[O-]. The molecule has 0 spiro atoms. The molecule has 170 valence electrons. The van der Waals surface area contributed by atoms with Crippen molar-refractivity contribution >= 4 is 56.2 Å². The quantitative estimate of drug-likeness (QED) is 0.373. The number of amides is 1. The third-order valence-corrected chi connectivity index (χ3v) is 7.62. The summed E-state index contributed by atoms with van der Waals surface area (Å²) in [6, 6.07) is 14.9. The number of nitro benzene ring substituents is 1. The van der Waals surface area contributed by atoms with Gasteiger partial charge in [0.05, 0.1) is 26.2 Å². The minimum Gasteiger partial charge on any atom is -0.320 e. The third-order valence-electron chi connectivity index (χ3n) is 5.24. The molecule has 8 nitrogen and oxygen atoms in total. The zero-order valence-corrected chi connectivity index (χ0v) is 19.3. The average Bonchev–Trinajstić information content (AvgIpc) is 2.79. The van der Waals surface area contributed by atoms with Crippen molar-refractivity contribution < 1.29 is 18.1 Å². The van der Waals surface area contributed by atoms with Crippen molar-refractivity contribution in [2.45, 2.75) is 17.7 Å². The van der Waals surface area contributed by atoms with E-state index < -0.39 is 26.5 Å². The molecule has 3 aromatic rings. The van der Waals surface area contributed by atoms with Crippen LogP contribution in [0.3, 0.4) is 0 Å². The maximum atomic E-state index is 13.4. The van der Waals surface area contributed by atoms with Gasteiger partial charge in [0.1, 0.15) is 5.56 Å². The van der Waals surface area contributed by atoms with Crippen LogP contribution in [0.4, 0.5) is 17.1 Å². The lowest BCUT2D eigenvalue weighted by atomic mass is 10.0. The molecule has 1 aliphatic rings. The number of nitrogens with zero attached hydrogens (tertiary/aromatic N) is 2. The van der Waals surface area contributed by atoms with Gasteiger partial charge in [0.2, 0.25) is 0 Å². The average molecular weight is 506 g/mol. The molecule has 11 heteroatoms. The molecule has 0 unspecified atom stereocenters. The normalized spacial score (nSPS) is 13.3. The number of nitro groups is 1. The number of nitrogens with one attached hydrogen (secondary N) is 1. The van der Waals surface area contributed by atoms with Crippen molar-refractivity contribution in [2.75, 3.05) is 16.2 Å². The Morgan fingerprint density at radius 2 is 1.82 bits per heavy atom. The molecule has 0 bridgehead atoms. The molecule has 1 aliphatic heterocycles. The number of sulfonamides is 1. The molecule has 0 aliphatic carbocycles. The minimum atomic E-state index is -3.94. The Bertz CT molecular complexity index is 1380. The molecule has 0 fully saturated rings. The number of halogens is 2. The Balaban J connectivity index is 1.68. The van der Waals surface area contributed by atoms with Gasteiger partial charge in [-0.15, -0.1) is 0 Å². The van der Waals surface area contributed by atoms with E-state index in [1.54, 1.807) is 12.1 Å². The largest absolute Gasteiger partial charge is 0.320 e. The van der Waals surface area contributed by atoms with Crippen molar-refractivity contribution in [2.24, 2.45) is 0 Å². The third kappa shape index (κ3) is 4.52. The van der Waals surface area contributed by atoms with Crippen LogP contribution in [0.2, 0.25) is 10.0 Å². The van der Waals surface area contributed by atoms with Crippen LogP contribution in [0.25, 0.3) is 0 Å². The standard InChI is InChI=1S/C22H17Cl2N3O5S/c23-15-7-9-17(21(12-15)27(29)30)22(28)25-19-13-16(8-10-18(19)24)33(31,32)26-11-3-5-14-4-1-2-6-20(14)26/h1-2,4,6-10,12-13H,3,5,11H2,(H,25,28). The summed E-state index contributed by atoms with van der Waals surface area (Å²) in [5.41, 5.74) is 0.840. The Hall–Kier alpha value is -3.14. The lowest BCUT2D eigenvalue weighted by molar-refractivity contribution is -0.385. The predicted octanol–water partition coefficient (Wildman–Crippen LogP) is 5.30. The molecule has 0 saturated heterocycles. The van der Waals surface area contributed by atoms with Crippen LogP contribution >= 0.6 is 23.2 Å². The van der Waals surface area contributed by atoms with Gasteiger partial charge in [-0.05, 0) is 54.8 Å². The highest BCUT2D eigenvalue weighted by Crippen LogP contribution is 2.34. The molecular weight excluding hydrogens is 489 g/mol. The van der Waals surface area contributed by atoms with E-state index in [1.807, 2.05) is 12.1 Å². The highest BCUT2D eigenvalue weighted by atomic mass is 35.5. The predicted molar refractivity (Wildman–Crippen MR) is 127 cm³/mol. The fourth-order valence-electron chi connectivity index (χ4n) is 3.67. The summed E-state index contributed by atoms with van der Waals surface area (Å²) in [5.74, 6) is -0.821. The second-order valence-electron chi connectivity index (χ2n) is 7.32. The van der Waals surface area contributed by atoms with Crippen LogP contribution in [0.15, 0.2) is 65.6 Å². The monoisotopic (exact) mass is 505 g/mol. The van der Waals surface area contributed by atoms with Crippen LogP contribution in [0.5, 0.6) is 0 Å². The lowest BCUT2D eigenvalue weighted by Gasteiger charge is -2.30. The number of hydrogen-bond acceptors (Lipinski definition) is 5. The van der Waals surface area contributed by atoms with Crippen LogP contribution in [-0.2, 0) is 16.4 Å². The Morgan fingerprint density at radius 3 is 2.58 bits per heavy atom. The summed E-state index contributed by atoms with van der Waals surface area (Å²) in [7, 11) is -3.94. The van der Waals surface area contributed by atoms with Crippen LogP contribution in [0, 0.1) is 10.1 Å². The zero-order chi connectivity index (χ0) is 23.8. The lowest BCUT2D eigenvalue weighted by Crippen LogP contribution is -2.35. The summed E-state index contributed by atoms with van der Waals surface area (Å²) >= 11 is 12.0. The number of anilines is 2. The van der Waals surface area contributed by atoms with E-state index in [0.717, 1.165) is 18.1 Å². The zero-order valence-electron chi connectivity index (χ0n) is 17.0. The Labute approximate surface area is 199 Å². The second kappa shape index (κ2) is 9.01. The first-order valence-electron chi connectivity index (χ1n) is 9.84. The van der Waals surface area contributed by atoms with Crippen molar-refractivity contribution in [3.05, 3.63) is 92.0 Å². The number of hydrogen-bond donors (Lipinski definition) is 1. The van der Waals surface area contributed by atoms with Gasteiger partial charge in [0.15, 0.2) is 0 Å². The van der Waals surface area contributed by atoms with Gasteiger partial charge in [-0.3, -0.25) is 19.2 Å². The molecular formula is C22H17Cl2N3O5S. The van der Waals surface area contributed by atoms with Gasteiger partial charge in [-0.1, -0.05) is 41.4 Å². The molecule has 1 heterocycles. The number of para-hydroxylation sites is 1. The molecule has 0 aromatic heterocycles. The summed E-state index contributed by atoms with van der Waals surface area (Å²) < 4.78 is 28.2. The maximum absolute atomic E-state index is 13.4. The van der Waals surface area contributed by atoms with E-state index >= 15 is 0 Å². The molecule has 0 atom stereocenters. The Morgan fingerprint density at radius 1 is 1.06 bits per heavy atom. The van der Waals surface area contributed by atoms with Gasteiger partial charge in [0, 0.05) is 17.6 Å². The topological polar surface area (TPSA) is 110 Å². The first kappa shape index (κ1) is 23.0. The first-order chi connectivity index (χ1) is 15.7. The molecule has 0 saturated carbocycles. The van der Waals surface area contributed by atoms with Crippen LogP contribution in [-0.4, -0.2) is 25.8 Å². The number of aryl methyl sites for hydroxylation is 1. The van der Waals surface area contributed by atoms with Crippen molar-refractivity contribution in [3.8, 4) is 0 Å². The number of carbonyl (C=O) groups excluding carboxylic acids is 1. The molecule has 1 N–H and O–H groups in total. The fraction of sp³-hybridized carbons (Fsp3) is 0.136. The van der Waals surface area contributed by atoms with E-state index in [2.05, 4.69) is 5.32 Å². The second-order valence-corrected chi connectivity index (χ2v) is 10.0. The maximum Gasteiger partial charge on any atom is 0.283 e. The van der Waals surface area contributed by atoms with Crippen molar-refractivity contribution in [3.63, 3.8) is 0 Å². The molecule has 33 heavy (non-hydrogen) atoms. The fourth-order valence-corrected chi connectivity index (χ4v) is 5.57. The Kier molecular flexibility index (Phi) is 6.29. The van der Waals surface area contributed by atoms with Crippen LogP contribution < -0.4 is 9.62 Å². The smallest absolute Gasteiger partial charge is 0.283 e. The summed E-state index contributed by atoms with van der Waals surface area (Å²) in [4.78, 5) is 23.3. The molecule has 4 rings (SSSR count). The number of rotatable bonds is 5. The van der Waals surface area contributed by atoms with E-state index in [-0.39, 0.29) is 26.2 Å². The molecule has 0 radical (unpaired) electrons. The highest BCUT2D eigenvalue weighted by Gasteiger charge is 2.30. The highest BCUT2D eigenvalue weighted by molar-refractivity contribution is 7.92. The van der Waals surface area contributed by atoms with Crippen LogP contribution in [0.1, 0.15) is 22.3 Å². The van der Waals surface area contributed by atoms with Gasteiger partial charge < -0.3 is 5.32 Å². The van der Waals surface area contributed by atoms with Gasteiger partial charge in [0.25, 0.3) is 21.6 Å². The minimum absolute atomic E-state index is 0.0114. The van der Waals surface area contributed by atoms with Crippen molar-refractivity contribution in [1.82, 2.24) is 0 Å². The summed E-state index contributed by atoms with van der Waals surface area (Å²) in [6.07, 6.45) is 1.46. The first-order valence-corrected chi connectivity index (χ1v) is 12.0. The molecule has 1 amide bonds. The van der Waals surface area contributed by atoms with E-state index in [4.69, 9.17) is 23.2 Å². The van der Waals surface area contributed by atoms with Gasteiger partial charge in [-0.2, -0.15) is 0 Å². The summed E-state index contributed by atoms with van der Waals surface area (Å²) in [5, 5.41) is 14.0. The van der Waals surface area contributed by atoms with Crippen molar-refractivity contribution in [1.29, 1.82) is 0 Å². The van der Waals surface area contributed by atoms with E-state index in [9.17, 15) is 23.3 Å². The van der Waals surface area contributed by atoms with E-state index in [1.165, 1.54) is 34.6 Å². The molecule has 3 aromatic carbocycles. The number of carbonyl (C=O) groups is 1.